The molecule has 4 aromatic rings. The third-order valence-electron chi connectivity index (χ3n) is 5.85. The van der Waals surface area contributed by atoms with Gasteiger partial charge >= 0.3 is 0 Å². The molecule has 4 rings (SSSR count). The van der Waals surface area contributed by atoms with Gasteiger partial charge in [0.1, 0.15) is 17.3 Å². The summed E-state index contributed by atoms with van der Waals surface area (Å²) in [7, 11) is 0.331. The molecule has 0 aliphatic carbocycles. The summed E-state index contributed by atoms with van der Waals surface area (Å²) >= 11 is 0. The van der Waals surface area contributed by atoms with E-state index in [2.05, 4.69) is 118 Å². The van der Waals surface area contributed by atoms with Gasteiger partial charge in [0.25, 0.3) is 0 Å². The summed E-state index contributed by atoms with van der Waals surface area (Å²) in [4.78, 5) is 2.32. The van der Waals surface area contributed by atoms with Gasteiger partial charge in [-0.2, -0.15) is 0 Å². The number of aryl methyl sites for hydroxylation is 2. The van der Waals surface area contributed by atoms with Crippen LogP contribution in [0, 0.1) is 13.8 Å². The molecular weight excluding hydrogens is 410 g/mol. The monoisotopic (exact) mass is 442 g/mol. The van der Waals surface area contributed by atoms with Gasteiger partial charge in [-0.1, -0.05) is 47.5 Å². The molecule has 0 amide bonds. The van der Waals surface area contributed by atoms with Crippen molar-refractivity contribution in [3.8, 4) is 5.75 Å². The Hall–Kier alpha value is -2.91. The van der Waals surface area contributed by atoms with Gasteiger partial charge in [0.05, 0.1) is 0 Å². The molecule has 32 heavy (non-hydrogen) atoms. The lowest BCUT2D eigenvalue weighted by atomic mass is 10.1. The Bertz CT molecular complexity index is 1120. The Labute approximate surface area is 195 Å². The van der Waals surface area contributed by atoms with E-state index in [1.165, 1.54) is 33.4 Å². The van der Waals surface area contributed by atoms with Crippen LogP contribution in [0.5, 0.6) is 5.75 Å². The quantitative estimate of drug-likeness (QED) is 0.257. The summed E-state index contributed by atoms with van der Waals surface area (Å²) in [5, 5.41) is 2.41. The van der Waals surface area contributed by atoms with Crippen LogP contribution in [0.1, 0.15) is 25.0 Å². The van der Waals surface area contributed by atoms with Gasteiger partial charge in [-0.15, -0.1) is 0 Å². The van der Waals surface area contributed by atoms with Gasteiger partial charge in [-0.3, -0.25) is 0 Å². The highest BCUT2D eigenvalue weighted by molar-refractivity contribution is 7.96. The summed E-state index contributed by atoms with van der Waals surface area (Å²) in [5.41, 5.74) is 5.97. The summed E-state index contributed by atoms with van der Waals surface area (Å²) in [6, 6.07) is 30.5. The molecule has 0 saturated carbocycles. The Balaban J connectivity index is 1.73. The van der Waals surface area contributed by atoms with E-state index in [9.17, 15) is 0 Å². The Morgan fingerprint density at radius 2 is 1.16 bits per heavy atom. The summed E-state index contributed by atoms with van der Waals surface area (Å²) < 4.78 is 6.15. The van der Waals surface area contributed by atoms with Crippen molar-refractivity contribution in [2.45, 2.75) is 27.7 Å². The summed E-state index contributed by atoms with van der Waals surface area (Å²) in [6.07, 6.45) is 0. The van der Waals surface area contributed by atoms with Crippen LogP contribution in [-0.4, -0.2) is 17.4 Å². The van der Waals surface area contributed by atoms with Crippen LogP contribution in [0.4, 0.5) is 17.1 Å². The molecule has 0 saturated heterocycles. The molecular formula is C29H32NOS+. The fraction of sp³-hybridized carbons (Fsp3) is 0.241. The fourth-order valence-electron chi connectivity index (χ4n) is 3.80. The van der Waals surface area contributed by atoms with Crippen molar-refractivity contribution >= 4 is 38.7 Å². The van der Waals surface area contributed by atoms with Crippen molar-refractivity contribution < 1.29 is 4.74 Å². The van der Waals surface area contributed by atoms with Gasteiger partial charge in [0.15, 0.2) is 0 Å². The molecule has 4 aromatic carbocycles. The number of anilines is 3. The average Bonchev–Trinajstić information content (AvgIpc) is 2.82. The Morgan fingerprint density at radius 3 is 1.72 bits per heavy atom. The molecule has 0 aliphatic heterocycles. The minimum atomic E-state index is 0.331. The maximum atomic E-state index is 6.15. The molecule has 0 aromatic heterocycles. The van der Waals surface area contributed by atoms with Crippen LogP contribution in [0.3, 0.4) is 0 Å². The number of rotatable bonds is 8. The molecule has 0 spiro atoms. The highest BCUT2D eigenvalue weighted by atomic mass is 32.2. The first kappa shape index (κ1) is 22.3. The minimum Gasteiger partial charge on any atom is -0.449 e. The van der Waals surface area contributed by atoms with Crippen molar-refractivity contribution in [2.75, 3.05) is 22.3 Å². The fourth-order valence-corrected chi connectivity index (χ4v) is 4.84. The molecule has 0 N–H and O–H groups in total. The maximum absolute atomic E-state index is 6.15. The first-order valence-corrected chi connectivity index (χ1v) is 13.0. The zero-order valence-electron chi connectivity index (χ0n) is 19.5. The molecule has 164 valence electrons. The van der Waals surface area contributed by atoms with E-state index >= 15 is 0 Å². The molecule has 0 radical (unpaired) electrons. The van der Waals surface area contributed by atoms with Crippen LogP contribution < -0.4 is 9.64 Å². The number of ether oxygens (including phenoxy) is 1. The third kappa shape index (κ3) is 5.11. The number of hydrogen-bond acceptors (Lipinski definition) is 2. The molecule has 0 bridgehead atoms. The van der Waals surface area contributed by atoms with Crippen LogP contribution in [0.2, 0.25) is 0 Å². The van der Waals surface area contributed by atoms with E-state index in [1.54, 1.807) is 0 Å². The predicted octanol–water partition coefficient (Wildman–Crippen LogP) is 7.92. The zero-order chi connectivity index (χ0) is 22.5. The predicted molar refractivity (Wildman–Crippen MR) is 142 cm³/mol. The number of nitrogens with zero attached hydrogens (tertiary/aromatic N) is 1. The summed E-state index contributed by atoms with van der Waals surface area (Å²) in [5.74, 6) is 4.11. The van der Waals surface area contributed by atoms with E-state index in [1.807, 2.05) is 0 Å². The van der Waals surface area contributed by atoms with E-state index in [0.717, 1.165) is 28.8 Å². The second kappa shape index (κ2) is 10.1. The number of benzene rings is 4. The molecule has 2 nitrogen and oxygen atoms in total. The standard InChI is InChI=1S/C29H32NOS/c1-5-32(6-2)21-31-29-18-12-24-11-17-28(19-25(24)20-29)30(26-13-7-22(3)8-14-26)27-15-9-23(4)10-16-27/h7-20H,5-6,21H2,1-4H3/q+1. The highest BCUT2D eigenvalue weighted by Gasteiger charge is 2.15. The van der Waals surface area contributed by atoms with E-state index < -0.39 is 0 Å². The Kier molecular flexibility index (Phi) is 7.06. The third-order valence-corrected chi connectivity index (χ3v) is 7.93. The van der Waals surface area contributed by atoms with E-state index in [4.69, 9.17) is 4.74 Å². The lowest BCUT2D eigenvalue weighted by molar-refractivity contribution is 0.391. The smallest absolute Gasteiger partial charge is 0.247 e. The lowest BCUT2D eigenvalue weighted by Gasteiger charge is -2.26. The zero-order valence-corrected chi connectivity index (χ0v) is 20.3. The number of fused-ring (bicyclic) bond motifs is 1. The van der Waals surface area contributed by atoms with Gasteiger partial charge in [0.2, 0.25) is 5.94 Å². The Morgan fingerprint density at radius 1 is 0.625 bits per heavy atom. The van der Waals surface area contributed by atoms with Gasteiger partial charge in [0, 0.05) is 28.0 Å². The van der Waals surface area contributed by atoms with Crippen molar-refractivity contribution in [1.29, 1.82) is 0 Å². The number of hydrogen-bond donors (Lipinski definition) is 0. The van der Waals surface area contributed by atoms with Crippen LogP contribution in [-0.2, 0) is 10.9 Å². The van der Waals surface area contributed by atoms with Crippen LogP contribution in [0.25, 0.3) is 10.8 Å². The summed E-state index contributed by atoms with van der Waals surface area (Å²) in [6.45, 7) is 8.74. The lowest BCUT2D eigenvalue weighted by Crippen LogP contribution is -2.17. The van der Waals surface area contributed by atoms with E-state index in [0.29, 0.717) is 10.9 Å². The van der Waals surface area contributed by atoms with Gasteiger partial charge < -0.3 is 9.64 Å². The highest BCUT2D eigenvalue weighted by Crippen LogP contribution is 2.36. The molecule has 0 heterocycles. The SMILES string of the molecule is CC[S+](CC)COc1ccc2ccc(N(c3ccc(C)cc3)c3ccc(C)cc3)cc2c1. The molecule has 0 aliphatic rings. The second-order valence-corrected chi connectivity index (χ2v) is 10.8. The topological polar surface area (TPSA) is 12.5 Å². The first-order valence-electron chi connectivity index (χ1n) is 11.3. The second-order valence-electron chi connectivity index (χ2n) is 8.15. The van der Waals surface area contributed by atoms with Crippen molar-refractivity contribution in [3.63, 3.8) is 0 Å². The van der Waals surface area contributed by atoms with Crippen LogP contribution in [0.15, 0.2) is 84.9 Å². The van der Waals surface area contributed by atoms with Crippen molar-refractivity contribution in [3.05, 3.63) is 96.1 Å². The van der Waals surface area contributed by atoms with Crippen LogP contribution >= 0.6 is 0 Å². The van der Waals surface area contributed by atoms with Gasteiger partial charge in [-0.05, 0) is 87.0 Å². The molecule has 0 fully saturated rings. The van der Waals surface area contributed by atoms with E-state index in [-0.39, 0.29) is 0 Å². The average molecular weight is 443 g/mol. The molecule has 0 atom stereocenters. The normalized spacial score (nSPS) is 11.2. The van der Waals surface area contributed by atoms with Crippen molar-refractivity contribution in [1.82, 2.24) is 0 Å². The van der Waals surface area contributed by atoms with Crippen molar-refractivity contribution in [2.24, 2.45) is 0 Å². The molecule has 0 unspecified atom stereocenters. The minimum absolute atomic E-state index is 0.331. The maximum Gasteiger partial charge on any atom is 0.247 e. The van der Waals surface area contributed by atoms with Gasteiger partial charge in [-0.25, -0.2) is 0 Å². The largest absolute Gasteiger partial charge is 0.449 e. The first-order chi connectivity index (χ1) is 15.6. The molecule has 3 heteroatoms.